The number of methoxy groups -OCH3 is 1. The van der Waals surface area contributed by atoms with E-state index in [1.54, 1.807) is 12.0 Å². The predicted molar refractivity (Wildman–Crippen MR) is 107 cm³/mol. The maximum Gasteiger partial charge on any atom is 0.260 e. The van der Waals surface area contributed by atoms with Gasteiger partial charge in [0.2, 0.25) is 0 Å². The fraction of sp³-hybridized carbons (Fsp3) is 0.286. The van der Waals surface area contributed by atoms with Crippen LogP contribution in [0, 0.1) is 0 Å². The van der Waals surface area contributed by atoms with Crippen LogP contribution in [0.4, 0.5) is 5.69 Å². The van der Waals surface area contributed by atoms with Crippen LogP contribution in [0.1, 0.15) is 11.1 Å². The van der Waals surface area contributed by atoms with Gasteiger partial charge in [-0.3, -0.25) is 14.6 Å². The topological polar surface area (TPSA) is 42.0 Å². The van der Waals surface area contributed by atoms with Gasteiger partial charge < -0.3 is 9.47 Å². The van der Waals surface area contributed by atoms with Crippen LogP contribution < -0.4 is 9.64 Å². The lowest BCUT2D eigenvalue weighted by atomic mass is 10.0. The van der Waals surface area contributed by atoms with E-state index in [9.17, 15) is 4.79 Å². The van der Waals surface area contributed by atoms with Gasteiger partial charge in [-0.05, 0) is 24.3 Å². The first kappa shape index (κ1) is 18.0. The van der Waals surface area contributed by atoms with Gasteiger partial charge in [-0.2, -0.15) is 0 Å². The van der Waals surface area contributed by atoms with Crippen molar-refractivity contribution < 1.29 is 14.3 Å². The van der Waals surface area contributed by atoms with Gasteiger partial charge in [0.15, 0.2) is 0 Å². The second-order valence-electron chi connectivity index (χ2n) is 6.57. The molecule has 0 aromatic heterocycles. The molecule has 0 saturated carbocycles. The van der Waals surface area contributed by atoms with E-state index < -0.39 is 0 Å². The molecule has 2 aromatic rings. The van der Waals surface area contributed by atoms with Crippen molar-refractivity contribution in [3.05, 3.63) is 58.6 Å². The molecule has 4 rings (SSSR count). The van der Waals surface area contributed by atoms with E-state index in [0.29, 0.717) is 30.5 Å². The summed E-state index contributed by atoms with van der Waals surface area (Å²) in [6, 6.07) is 13.3. The molecule has 1 fully saturated rings. The van der Waals surface area contributed by atoms with Crippen LogP contribution in [0.25, 0.3) is 11.6 Å². The van der Waals surface area contributed by atoms with E-state index in [1.165, 1.54) is 0 Å². The summed E-state index contributed by atoms with van der Waals surface area (Å²) >= 11 is 6.22. The van der Waals surface area contributed by atoms with Crippen LogP contribution >= 0.6 is 11.6 Å². The summed E-state index contributed by atoms with van der Waals surface area (Å²) in [5.41, 5.74) is 3.26. The largest absolute Gasteiger partial charge is 0.496 e. The molecule has 0 N–H and O–H groups in total. The minimum atomic E-state index is -0.0235. The SMILES string of the molecule is COc1ccccc1C=C1C(=O)N(CN2CCOCC2)c2cc(Cl)ccc21. The number of fused-ring (bicyclic) bond motifs is 1. The Labute approximate surface area is 163 Å². The Bertz CT molecular complexity index is 891. The van der Waals surface area contributed by atoms with Crippen LogP contribution in [0.15, 0.2) is 42.5 Å². The zero-order valence-corrected chi connectivity index (χ0v) is 15.9. The number of para-hydroxylation sites is 1. The third-order valence-electron chi connectivity index (χ3n) is 4.90. The highest BCUT2D eigenvalue weighted by atomic mass is 35.5. The molecule has 2 aliphatic rings. The zero-order valence-electron chi connectivity index (χ0n) is 15.2. The number of rotatable bonds is 4. The Morgan fingerprint density at radius 2 is 1.96 bits per heavy atom. The Balaban J connectivity index is 1.73. The molecule has 5 nitrogen and oxygen atoms in total. The molecule has 140 valence electrons. The van der Waals surface area contributed by atoms with Crippen molar-refractivity contribution in [3.8, 4) is 5.75 Å². The highest BCUT2D eigenvalue weighted by Crippen LogP contribution is 2.40. The summed E-state index contributed by atoms with van der Waals surface area (Å²) in [4.78, 5) is 17.3. The Hall–Kier alpha value is -2.34. The first-order valence-corrected chi connectivity index (χ1v) is 9.32. The van der Waals surface area contributed by atoms with Crippen LogP contribution in [0.2, 0.25) is 5.02 Å². The number of anilines is 1. The van der Waals surface area contributed by atoms with Crippen LogP contribution in [-0.2, 0) is 9.53 Å². The highest BCUT2D eigenvalue weighted by molar-refractivity contribution is 6.37. The molecule has 2 heterocycles. The predicted octanol–water partition coefficient (Wildman–Crippen LogP) is 3.53. The number of ether oxygens (including phenoxy) is 2. The molecule has 0 aliphatic carbocycles. The lowest BCUT2D eigenvalue weighted by molar-refractivity contribution is -0.113. The van der Waals surface area contributed by atoms with E-state index in [2.05, 4.69) is 4.90 Å². The second kappa shape index (κ2) is 7.72. The van der Waals surface area contributed by atoms with Crippen molar-refractivity contribution in [3.63, 3.8) is 0 Å². The number of halogens is 1. The Morgan fingerprint density at radius 1 is 1.19 bits per heavy atom. The standard InChI is InChI=1S/C21H21ClN2O3/c1-26-20-5-3-2-4-15(20)12-18-17-7-6-16(22)13-19(17)24(21(18)25)14-23-8-10-27-11-9-23/h2-7,12-13H,8-11,14H2,1H3. The normalized spacial score (nSPS) is 18.8. The Morgan fingerprint density at radius 3 is 2.74 bits per heavy atom. The molecule has 0 bridgehead atoms. The molecule has 0 atom stereocenters. The summed E-state index contributed by atoms with van der Waals surface area (Å²) < 4.78 is 10.8. The van der Waals surface area contributed by atoms with E-state index in [0.717, 1.165) is 35.7 Å². The van der Waals surface area contributed by atoms with Crippen LogP contribution in [0.3, 0.4) is 0 Å². The van der Waals surface area contributed by atoms with Gasteiger partial charge in [-0.1, -0.05) is 35.9 Å². The Kier molecular flexibility index (Phi) is 5.16. The van der Waals surface area contributed by atoms with Gasteiger partial charge in [0.25, 0.3) is 5.91 Å². The molecule has 1 saturated heterocycles. The van der Waals surface area contributed by atoms with E-state index in [1.807, 2.05) is 48.5 Å². The molecule has 2 aromatic carbocycles. The van der Waals surface area contributed by atoms with Crippen molar-refractivity contribution in [1.29, 1.82) is 0 Å². The number of carbonyl (C=O) groups excluding carboxylic acids is 1. The molecular weight excluding hydrogens is 364 g/mol. The van der Waals surface area contributed by atoms with E-state index >= 15 is 0 Å². The van der Waals surface area contributed by atoms with Gasteiger partial charge in [-0.25, -0.2) is 0 Å². The number of carbonyl (C=O) groups is 1. The monoisotopic (exact) mass is 384 g/mol. The third-order valence-corrected chi connectivity index (χ3v) is 5.14. The first-order chi connectivity index (χ1) is 13.2. The van der Waals surface area contributed by atoms with Gasteiger partial charge in [0.05, 0.1) is 32.7 Å². The van der Waals surface area contributed by atoms with Crippen molar-refractivity contribution >= 4 is 34.8 Å². The molecule has 1 amide bonds. The smallest absolute Gasteiger partial charge is 0.260 e. The average molecular weight is 385 g/mol. The lowest BCUT2D eigenvalue weighted by Crippen LogP contribution is -2.45. The summed E-state index contributed by atoms with van der Waals surface area (Å²) in [6.07, 6.45) is 1.90. The second-order valence-corrected chi connectivity index (χ2v) is 7.00. The van der Waals surface area contributed by atoms with Crippen molar-refractivity contribution in [2.75, 3.05) is 45.0 Å². The highest BCUT2D eigenvalue weighted by Gasteiger charge is 2.34. The van der Waals surface area contributed by atoms with Gasteiger partial charge in [0, 0.05) is 34.8 Å². The summed E-state index contributed by atoms with van der Waals surface area (Å²) in [5, 5.41) is 0.618. The molecule has 0 spiro atoms. The molecule has 27 heavy (non-hydrogen) atoms. The van der Waals surface area contributed by atoms with Gasteiger partial charge >= 0.3 is 0 Å². The number of amides is 1. The summed E-state index contributed by atoms with van der Waals surface area (Å²) in [7, 11) is 1.63. The van der Waals surface area contributed by atoms with Crippen LogP contribution in [0.5, 0.6) is 5.75 Å². The molecule has 6 heteroatoms. The number of benzene rings is 2. The van der Waals surface area contributed by atoms with Gasteiger partial charge in [-0.15, -0.1) is 0 Å². The fourth-order valence-corrected chi connectivity index (χ4v) is 3.66. The summed E-state index contributed by atoms with van der Waals surface area (Å²) in [5.74, 6) is 0.713. The van der Waals surface area contributed by atoms with Crippen molar-refractivity contribution in [2.24, 2.45) is 0 Å². The third kappa shape index (κ3) is 3.58. The maximum atomic E-state index is 13.3. The zero-order chi connectivity index (χ0) is 18.8. The minimum Gasteiger partial charge on any atom is -0.496 e. The maximum absolute atomic E-state index is 13.3. The average Bonchev–Trinajstić information content (AvgIpc) is 2.94. The number of hydrogen-bond acceptors (Lipinski definition) is 4. The van der Waals surface area contributed by atoms with Crippen molar-refractivity contribution in [1.82, 2.24) is 4.90 Å². The molecule has 2 aliphatic heterocycles. The molecule has 0 radical (unpaired) electrons. The number of nitrogens with zero attached hydrogens (tertiary/aromatic N) is 2. The quantitative estimate of drug-likeness (QED) is 0.756. The molecular formula is C21H21ClN2O3. The first-order valence-electron chi connectivity index (χ1n) is 8.94. The van der Waals surface area contributed by atoms with Crippen molar-refractivity contribution in [2.45, 2.75) is 0 Å². The van der Waals surface area contributed by atoms with Gasteiger partial charge in [0.1, 0.15) is 5.75 Å². The molecule has 0 unspecified atom stereocenters. The number of morpholine rings is 1. The van der Waals surface area contributed by atoms with E-state index in [4.69, 9.17) is 21.1 Å². The lowest BCUT2D eigenvalue weighted by Gasteiger charge is -2.30. The summed E-state index contributed by atoms with van der Waals surface area (Å²) in [6.45, 7) is 3.53. The minimum absolute atomic E-state index is 0.0235. The fourth-order valence-electron chi connectivity index (χ4n) is 3.49. The van der Waals surface area contributed by atoms with E-state index in [-0.39, 0.29) is 5.91 Å². The number of hydrogen-bond donors (Lipinski definition) is 0. The van der Waals surface area contributed by atoms with Crippen LogP contribution in [-0.4, -0.2) is 50.9 Å².